The predicted molar refractivity (Wildman–Crippen MR) is 70.6 cm³/mol. The topological polar surface area (TPSA) is 106 Å². The molecule has 7 nitrogen and oxygen atoms in total. The summed E-state index contributed by atoms with van der Waals surface area (Å²) < 4.78 is 10.1. The molecule has 7 heteroatoms. The second-order valence-electron chi connectivity index (χ2n) is 3.74. The Morgan fingerprint density at radius 1 is 1.47 bits per heavy atom. The number of para-hydroxylation sites is 1. The highest BCUT2D eigenvalue weighted by Crippen LogP contribution is 2.28. The normalized spacial score (nSPS) is 12.9. The molecule has 1 unspecified atom stereocenters. The van der Waals surface area contributed by atoms with E-state index in [2.05, 4.69) is 10.5 Å². The zero-order chi connectivity index (χ0) is 14.4. The zero-order valence-corrected chi connectivity index (χ0v) is 11.0. The summed E-state index contributed by atoms with van der Waals surface area (Å²) in [6, 6.07) is 4.92. The summed E-state index contributed by atoms with van der Waals surface area (Å²) in [6.07, 6.45) is -0.634. The van der Waals surface area contributed by atoms with Crippen molar-refractivity contribution in [1.82, 2.24) is 0 Å². The number of hydrogen-bond acceptors (Lipinski definition) is 5. The van der Waals surface area contributed by atoms with E-state index < -0.39 is 6.10 Å². The molecule has 0 bridgehead atoms. The second kappa shape index (κ2) is 6.60. The van der Waals surface area contributed by atoms with Crippen LogP contribution < -0.4 is 15.8 Å². The highest BCUT2D eigenvalue weighted by atomic mass is 16.5. The maximum Gasteiger partial charge on any atom is 0.253 e. The number of amides is 1. The molecule has 19 heavy (non-hydrogen) atoms. The smallest absolute Gasteiger partial charge is 0.253 e. The number of rotatable bonds is 5. The first kappa shape index (κ1) is 14.8. The number of carbonyl (C=O) groups excluding carboxylic acids is 1. The standard InChI is InChI=1S/C12H17N3O4/c1-7(18-2)12(16)14-10-8(11(13)15-17)5-4-6-9(10)19-3/h4-7,17H,1-3H3,(H2,13,15)(H,14,16). The Bertz CT molecular complexity index is 488. The van der Waals surface area contributed by atoms with E-state index in [4.69, 9.17) is 20.4 Å². The number of hydrogen-bond donors (Lipinski definition) is 3. The molecule has 1 amide bonds. The summed E-state index contributed by atoms with van der Waals surface area (Å²) >= 11 is 0. The fraction of sp³-hybridized carbons (Fsp3) is 0.333. The van der Waals surface area contributed by atoms with Crippen LogP contribution >= 0.6 is 0 Å². The van der Waals surface area contributed by atoms with Crippen molar-refractivity contribution in [3.63, 3.8) is 0 Å². The van der Waals surface area contributed by atoms with Crippen molar-refractivity contribution in [2.45, 2.75) is 13.0 Å². The molecule has 1 atom stereocenters. The summed E-state index contributed by atoms with van der Waals surface area (Å²) in [7, 11) is 2.89. The van der Waals surface area contributed by atoms with Gasteiger partial charge in [0, 0.05) is 12.7 Å². The lowest BCUT2D eigenvalue weighted by Gasteiger charge is -2.16. The van der Waals surface area contributed by atoms with E-state index in [-0.39, 0.29) is 11.7 Å². The van der Waals surface area contributed by atoms with E-state index in [1.807, 2.05) is 0 Å². The number of methoxy groups -OCH3 is 2. The number of amidine groups is 1. The van der Waals surface area contributed by atoms with Gasteiger partial charge in [0.05, 0.1) is 12.8 Å². The van der Waals surface area contributed by atoms with Crippen LogP contribution in [0.15, 0.2) is 23.4 Å². The van der Waals surface area contributed by atoms with Crippen molar-refractivity contribution in [3.05, 3.63) is 23.8 Å². The molecule has 0 heterocycles. The van der Waals surface area contributed by atoms with Gasteiger partial charge in [-0.25, -0.2) is 0 Å². The van der Waals surface area contributed by atoms with Gasteiger partial charge in [0.15, 0.2) is 5.84 Å². The molecule has 1 aromatic rings. The fourth-order valence-corrected chi connectivity index (χ4v) is 1.43. The van der Waals surface area contributed by atoms with Gasteiger partial charge < -0.3 is 25.7 Å². The van der Waals surface area contributed by atoms with Crippen molar-refractivity contribution in [1.29, 1.82) is 0 Å². The van der Waals surface area contributed by atoms with Crippen LogP contribution in [-0.2, 0) is 9.53 Å². The van der Waals surface area contributed by atoms with Crippen molar-refractivity contribution in [2.75, 3.05) is 19.5 Å². The highest BCUT2D eigenvalue weighted by molar-refractivity contribution is 6.07. The molecule has 0 aromatic heterocycles. The van der Waals surface area contributed by atoms with Gasteiger partial charge in [0.1, 0.15) is 11.9 Å². The number of benzene rings is 1. The summed E-state index contributed by atoms with van der Waals surface area (Å²) in [5.41, 5.74) is 6.25. The second-order valence-corrected chi connectivity index (χ2v) is 3.74. The predicted octanol–water partition coefficient (Wildman–Crippen LogP) is 0.763. The average molecular weight is 267 g/mol. The number of nitrogens with two attached hydrogens (primary N) is 1. The zero-order valence-electron chi connectivity index (χ0n) is 11.0. The molecule has 104 valence electrons. The monoisotopic (exact) mass is 267 g/mol. The Balaban J connectivity index is 3.19. The number of nitrogens with zero attached hydrogens (tertiary/aromatic N) is 1. The lowest BCUT2D eigenvalue weighted by Crippen LogP contribution is -2.28. The third-order valence-electron chi connectivity index (χ3n) is 2.60. The van der Waals surface area contributed by atoms with Crippen molar-refractivity contribution < 1.29 is 19.5 Å². The molecular weight excluding hydrogens is 250 g/mol. The van der Waals surface area contributed by atoms with Crippen LogP contribution in [0.1, 0.15) is 12.5 Å². The first-order valence-electron chi connectivity index (χ1n) is 5.53. The van der Waals surface area contributed by atoms with E-state index in [1.54, 1.807) is 25.1 Å². The molecule has 1 aromatic carbocycles. The van der Waals surface area contributed by atoms with Gasteiger partial charge in [-0.3, -0.25) is 4.79 Å². The van der Waals surface area contributed by atoms with Crippen molar-refractivity contribution >= 4 is 17.4 Å². The molecule has 0 aliphatic rings. The summed E-state index contributed by atoms with van der Waals surface area (Å²) in [5, 5.41) is 14.3. The van der Waals surface area contributed by atoms with E-state index in [0.717, 1.165) is 0 Å². The molecule has 0 aliphatic carbocycles. The third kappa shape index (κ3) is 3.35. The average Bonchev–Trinajstić information content (AvgIpc) is 2.45. The number of anilines is 1. The van der Waals surface area contributed by atoms with E-state index in [1.165, 1.54) is 14.2 Å². The van der Waals surface area contributed by atoms with Crippen LogP contribution in [0.4, 0.5) is 5.69 Å². The Hall–Kier alpha value is -2.28. The molecule has 0 saturated carbocycles. The molecule has 1 rings (SSSR count). The first-order valence-corrected chi connectivity index (χ1v) is 5.53. The highest BCUT2D eigenvalue weighted by Gasteiger charge is 2.18. The van der Waals surface area contributed by atoms with Crippen LogP contribution in [0, 0.1) is 0 Å². The first-order chi connectivity index (χ1) is 9.04. The lowest BCUT2D eigenvalue weighted by atomic mass is 10.1. The molecule has 0 fully saturated rings. The van der Waals surface area contributed by atoms with Crippen LogP contribution in [0.5, 0.6) is 5.75 Å². The molecular formula is C12H17N3O4. The van der Waals surface area contributed by atoms with Gasteiger partial charge in [0.25, 0.3) is 5.91 Å². The maximum absolute atomic E-state index is 11.8. The lowest BCUT2D eigenvalue weighted by molar-refractivity contribution is -0.124. The quantitative estimate of drug-likeness (QED) is 0.316. The number of carbonyl (C=O) groups is 1. The van der Waals surface area contributed by atoms with Gasteiger partial charge in [-0.1, -0.05) is 11.2 Å². The summed E-state index contributed by atoms with van der Waals surface area (Å²) in [4.78, 5) is 11.8. The minimum Gasteiger partial charge on any atom is -0.495 e. The third-order valence-corrected chi connectivity index (χ3v) is 2.60. The Kier molecular flexibility index (Phi) is 5.13. The molecule has 0 aliphatic heterocycles. The minimum absolute atomic E-state index is 0.126. The SMILES string of the molecule is COc1cccc(/C(N)=N/O)c1NC(=O)C(C)OC. The van der Waals surface area contributed by atoms with Gasteiger partial charge in [-0.15, -0.1) is 0 Å². The Labute approximate surface area is 111 Å². The fourth-order valence-electron chi connectivity index (χ4n) is 1.43. The van der Waals surface area contributed by atoms with Gasteiger partial charge in [-0.2, -0.15) is 0 Å². The maximum atomic E-state index is 11.8. The minimum atomic E-state index is -0.634. The van der Waals surface area contributed by atoms with E-state index >= 15 is 0 Å². The Morgan fingerprint density at radius 3 is 2.68 bits per heavy atom. The number of ether oxygens (including phenoxy) is 2. The Morgan fingerprint density at radius 2 is 2.16 bits per heavy atom. The molecule has 0 saturated heterocycles. The van der Waals surface area contributed by atoms with E-state index in [0.29, 0.717) is 17.0 Å². The van der Waals surface area contributed by atoms with Crippen LogP contribution in [0.2, 0.25) is 0 Å². The van der Waals surface area contributed by atoms with E-state index in [9.17, 15) is 4.79 Å². The van der Waals surface area contributed by atoms with Gasteiger partial charge in [0.2, 0.25) is 0 Å². The van der Waals surface area contributed by atoms with Gasteiger partial charge >= 0.3 is 0 Å². The molecule has 4 N–H and O–H groups in total. The van der Waals surface area contributed by atoms with Crippen LogP contribution in [0.25, 0.3) is 0 Å². The van der Waals surface area contributed by atoms with Crippen LogP contribution in [-0.4, -0.2) is 37.3 Å². The molecule has 0 spiro atoms. The van der Waals surface area contributed by atoms with Crippen molar-refractivity contribution in [3.8, 4) is 5.75 Å². The molecule has 0 radical (unpaired) electrons. The number of nitrogens with one attached hydrogen (secondary N) is 1. The summed E-state index contributed by atoms with van der Waals surface area (Å²) in [6.45, 7) is 1.61. The largest absolute Gasteiger partial charge is 0.495 e. The van der Waals surface area contributed by atoms with Gasteiger partial charge in [-0.05, 0) is 19.1 Å². The number of oxime groups is 1. The summed E-state index contributed by atoms with van der Waals surface area (Å²) in [5.74, 6) is -0.0842. The van der Waals surface area contributed by atoms with Crippen LogP contribution in [0.3, 0.4) is 0 Å². The van der Waals surface area contributed by atoms with Crippen molar-refractivity contribution in [2.24, 2.45) is 10.9 Å².